The summed E-state index contributed by atoms with van der Waals surface area (Å²) in [5, 5.41) is 7.40. The predicted octanol–water partition coefficient (Wildman–Crippen LogP) is 6.78. The van der Waals surface area contributed by atoms with E-state index >= 15 is 0 Å². The molecule has 1 atom stereocenters. The minimum Gasteiger partial charge on any atom is -0.325 e. The average molecular weight is 459 g/mol. The van der Waals surface area contributed by atoms with E-state index in [1.807, 2.05) is 97.2 Å². The number of benzene rings is 3. The molecule has 1 heterocycles. The van der Waals surface area contributed by atoms with Gasteiger partial charge in [-0.2, -0.15) is 0 Å². The fourth-order valence-electron chi connectivity index (χ4n) is 3.18. The molecule has 32 heavy (non-hydrogen) atoms. The van der Waals surface area contributed by atoms with E-state index in [0.29, 0.717) is 10.6 Å². The molecule has 160 valence electrons. The van der Waals surface area contributed by atoms with E-state index in [4.69, 9.17) is 0 Å². The molecule has 0 saturated heterocycles. The fourth-order valence-corrected chi connectivity index (χ4v) is 4.83. The lowest BCUT2D eigenvalue weighted by molar-refractivity contribution is -0.115. The Balaban J connectivity index is 1.49. The summed E-state index contributed by atoms with van der Waals surface area (Å²) in [7, 11) is 0. The maximum atomic E-state index is 13.2. The van der Waals surface area contributed by atoms with Crippen molar-refractivity contribution < 1.29 is 9.59 Å². The number of hydrogen-bond donors (Lipinski definition) is 2. The molecule has 3 aromatic carbocycles. The van der Waals surface area contributed by atoms with E-state index in [2.05, 4.69) is 10.6 Å². The van der Waals surface area contributed by atoms with Gasteiger partial charge in [-0.15, -0.1) is 23.1 Å². The maximum Gasteiger partial charge on any atom is 0.265 e. The Labute approximate surface area is 195 Å². The smallest absolute Gasteiger partial charge is 0.265 e. The molecule has 0 radical (unpaired) electrons. The minimum absolute atomic E-state index is 0.0816. The van der Waals surface area contributed by atoms with Crippen molar-refractivity contribution in [2.24, 2.45) is 0 Å². The zero-order valence-electron chi connectivity index (χ0n) is 17.4. The van der Waals surface area contributed by atoms with Gasteiger partial charge in [-0.3, -0.25) is 9.59 Å². The monoisotopic (exact) mass is 458 g/mol. The summed E-state index contributed by atoms with van der Waals surface area (Å²) in [5.41, 5.74) is 3.51. The van der Waals surface area contributed by atoms with Gasteiger partial charge in [0, 0.05) is 16.3 Å². The van der Waals surface area contributed by atoms with Crippen LogP contribution >= 0.6 is 23.1 Å². The summed E-state index contributed by atoms with van der Waals surface area (Å²) in [6.07, 6.45) is 0. The molecule has 0 aliphatic heterocycles. The number of anilines is 2. The van der Waals surface area contributed by atoms with Gasteiger partial charge in [0.1, 0.15) is 5.25 Å². The van der Waals surface area contributed by atoms with Crippen LogP contribution in [0.1, 0.15) is 26.0 Å². The molecule has 2 amide bonds. The summed E-state index contributed by atoms with van der Waals surface area (Å²) in [6.45, 7) is 2.00. The summed E-state index contributed by atoms with van der Waals surface area (Å²) in [4.78, 5) is 27.0. The quantitative estimate of drug-likeness (QED) is 0.300. The Kier molecular flexibility index (Phi) is 7.04. The van der Waals surface area contributed by atoms with Crippen molar-refractivity contribution in [2.45, 2.75) is 17.1 Å². The Morgan fingerprint density at radius 1 is 0.812 bits per heavy atom. The highest BCUT2D eigenvalue weighted by molar-refractivity contribution is 8.00. The number of hydrogen-bond acceptors (Lipinski definition) is 4. The third kappa shape index (κ3) is 5.66. The van der Waals surface area contributed by atoms with Gasteiger partial charge in [0.2, 0.25) is 5.91 Å². The maximum absolute atomic E-state index is 13.2. The van der Waals surface area contributed by atoms with Crippen molar-refractivity contribution in [2.75, 3.05) is 10.6 Å². The Hall–Kier alpha value is -3.35. The highest BCUT2D eigenvalue weighted by Gasteiger charge is 2.22. The van der Waals surface area contributed by atoms with Gasteiger partial charge in [-0.25, -0.2) is 0 Å². The van der Waals surface area contributed by atoms with Crippen LogP contribution in [0.15, 0.2) is 101 Å². The molecule has 1 unspecified atom stereocenters. The second kappa shape index (κ2) is 10.3. The molecule has 0 aliphatic rings. The van der Waals surface area contributed by atoms with E-state index in [9.17, 15) is 9.59 Å². The van der Waals surface area contributed by atoms with Gasteiger partial charge in [0.25, 0.3) is 5.91 Å². The number of amides is 2. The average Bonchev–Trinajstić information content (AvgIpc) is 3.34. The lowest BCUT2D eigenvalue weighted by Gasteiger charge is -2.17. The van der Waals surface area contributed by atoms with Gasteiger partial charge in [-0.1, -0.05) is 48.5 Å². The number of thioether (sulfide) groups is 1. The number of thiophene rings is 1. The second-order valence-corrected chi connectivity index (χ2v) is 9.35. The first-order valence-corrected chi connectivity index (χ1v) is 11.9. The van der Waals surface area contributed by atoms with E-state index < -0.39 is 5.25 Å². The zero-order valence-corrected chi connectivity index (χ0v) is 19.1. The normalized spacial score (nSPS) is 11.5. The van der Waals surface area contributed by atoms with Crippen molar-refractivity contribution in [3.8, 4) is 0 Å². The van der Waals surface area contributed by atoms with Gasteiger partial charge in [-0.05, 0) is 65.9 Å². The number of carbonyl (C=O) groups excluding carboxylic acids is 2. The molecule has 0 bridgehead atoms. The standard InChI is InChI=1S/C26H22N2O2S2/c1-18-7-5-10-21(17-18)28-26(30)24(19-8-3-2-4-9-19)32-22-14-12-20(13-15-22)27-25(29)23-11-6-16-31-23/h2-17,24H,1H3,(H,27,29)(H,28,30). The highest BCUT2D eigenvalue weighted by Crippen LogP contribution is 2.36. The van der Waals surface area contributed by atoms with Crippen molar-refractivity contribution in [1.29, 1.82) is 0 Å². The SMILES string of the molecule is Cc1cccc(NC(=O)C(Sc2ccc(NC(=O)c3cccs3)cc2)c2ccccc2)c1. The lowest BCUT2D eigenvalue weighted by Crippen LogP contribution is -2.19. The third-order valence-electron chi connectivity index (χ3n) is 4.74. The number of nitrogens with one attached hydrogen (secondary N) is 2. The van der Waals surface area contributed by atoms with E-state index in [-0.39, 0.29) is 11.8 Å². The molecular weight excluding hydrogens is 436 g/mol. The van der Waals surface area contributed by atoms with Crippen molar-refractivity contribution in [3.05, 3.63) is 112 Å². The lowest BCUT2D eigenvalue weighted by atomic mass is 10.1. The van der Waals surface area contributed by atoms with Crippen LogP contribution in [0.3, 0.4) is 0 Å². The first-order chi connectivity index (χ1) is 15.6. The molecule has 6 heteroatoms. The van der Waals surface area contributed by atoms with Gasteiger partial charge < -0.3 is 10.6 Å². The Morgan fingerprint density at radius 2 is 1.59 bits per heavy atom. The molecule has 4 rings (SSSR count). The zero-order chi connectivity index (χ0) is 22.3. The van der Waals surface area contributed by atoms with E-state index in [1.54, 1.807) is 6.07 Å². The molecule has 4 aromatic rings. The first-order valence-electron chi connectivity index (χ1n) is 10.1. The Morgan fingerprint density at radius 3 is 2.28 bits per heavy atom. The van der Waals surface area contributed by atoms with E-state index in [1.165, 1.54) is 23.1 Å². The topological polar surface area (TPSA) is 58.2 Å². The Bertz CT molecular complexity index is 1190. The van der Waals surface area contributed by atoms with Crippen LogP contribution < -0.4 is 10.6 Å². The largest absolute Gasteiger partial charge is 0.325 e. The summed E-state index contributed by atoms with van der Waals surface area (Å²) in [5.74, 6) is -0.207. The van der Waals surface area contributed by atoms with E-state index in [0.717, 1.165) is 21.7 Å². The summed E-state index contributed by atoms with van der Waals surface area (Å²) in [6, 6.07) is 28.7. The van der Waals surface area contributed by atoms with Crippen LogP contribution in [0, 0.1) is 6.92 Å². The molecule has 1 aromatic heterocycles. The first kappa shape index (κ1) is 21.9. The molecule has 0 saturated carbocycles. The molecule has 0 aliphatic carbocycles. The van der Waals surface area contributed by atoms with Crippen molar-refractivity contribution in [3.63, 3.8) is 0 Å². The van der Waals surface area contributed by atoms with Gasteiger partial charge in [0.05, 0.1) is 4.88 Å². The molecule has 2 N–H and O–H groups in total. The van der Waals surface area contributed by atoms with Crippen LogP contribution in [0.4, 0.5) is 11.4 Å². The number of aryl methyl sites for hydroxylation is 1. The van der Waals surface area contributed by atoms with Crippen molar-refractivity contribution in [1.82, 2.24) is 0 Å². The van der Waals surface area contributed by atoms with Crippen LogP contribution in [-0.4, -0.2) is 11.8 Å². The van der Waals surface area contributed by atoms with Crippen LogP contribution in [0.2, 0.25) is 0 Å². The summed E-state index contributed by atoms with van der Waals surface area (Å²) >= 11 is 2.88. The fraction of sp³-hybridized carbons (Fsp3) is 0.0769. The second-order valence-electron chi connectivity index (χ2n) is 7.22. The van der Waals surface area contributed by atoms with Crippen LogP contribution in [0.25, 0.3) is 0 Å². The minimum atomic E-state index is -0.414. The van der Waals surface area contributed by atoms with Crippen LogP contribution in [-0.2, 0) is 4.79 Å². The number of rotatable bonds is 7. The highest BCUT2D eigenvalue weighted by atomic mass is 32.2. The van der Waals surface area contributed by atoms with Crippen molar-refractivity contribution >= 4 is 46.3 Å². The molecule has 4 nitrogen and oxygen atoms in total. The number of carbonyl (C=O) groups is 2. The predicted molar refractivity (Wildman–Crippen MR) is 134 cm³/mol. The molecule has 0 spiro atoms. The molecule has 0 fully saturated rings. The van der Waals surface area contributed by atoms with Crippen LogP contribution in [0.5, 0.6) is 0 Å². The van der Waals surface area contributed by atoms with Gasteiger partial charge in [0.15, 0.2) is 0 Å². The van der Waals surface area contributed by atoms with Gasteiger partial charge >= 0.3 is 0 Å². The third-order valence-corrected chi connectivity index (χ3v) is 6.87. The molecular formula is C26H22N2O2S2. The summed E-state index contributed by atoms with van der Waals surface area (Å²) < 4.78 is 0.